The lowest BCUT2D eigenvalue weighted by Crippen LogP contribution is -2.38. The molecule has 2 aromatic heterocycles. The van der Waals surface area contributed by atoms with Gasteiger partial charge in [-0.3, -0.25) is 33.4 Å². The van der Waals surface area contributed by atoms with Gasteiger partial charge in [-0.2, -0.15) is 0 Å². The van der Waals surface area contributed by atoms with Gasteiger partial charge in [0.2, 0.25) is 12.3 Å². The third kappa shape index (κ3) is 8.22. The van der Waals surface area contributed by atoms with E-state index in [1.807, 2.05) is 6.92 Å². The van der Waals surface area contributed by atoms with E-state index in [0.29, 0.717) is 61.4 Å². The molecule has 5 rings (SSSR count). The number of aryl methyl sites for hydroxylation is 1. The lowest BCUT2D eigenvalue weighted by Gasteiger charge is -2.31. The summed E-state index contributed by atoms with van der Waals surface area (Å²) in [4.78, 5) is 69.2. The molecule has 3 amide bonds. The number of fused-ring (bicyclic) bond motifs is 2. The van der Waals surface area contributed by atoms with Crippen molar-refractivity contribution in [3.63, 3.8) is 0 Å². The van der Waals surface area contributed by atoms with Crippen LogP contribution in [0.5, 0.6) is 0 Å². The molecule has 1 atom stereocenters. The summed E-state index contributed by atoms with van der Waals surface area (Å²) in [6.07, 6.45) is 5.77. The number of benzene rings is 1. The van der Waals surface area contributed by atoms with Crippen molar-refractivity contribution in [2.45, 2.75) is 77.4 Å². The Labute approximate surface area is 277 Å². The molecule has 0 spiro atoms. The summed E-state index contributed by atoms with van der Waals surface area (Å²) in [6.45, 7) is 6.28. The van der Waals surface area contributed by atoms with Gasteiger partial charge in [0.15, 0.2) is 17.5 Å². The van der Waals surface area contributed by atoms with Crippen LogP contribution >= 0.6 is 0 Å². The Kier molecular flexibility index (Phi) is 11.5. The summed E-state index contributed by atoms with van der Waals surface area (Å²) in [5, 5.41) is 7.68. The van der Waals surface area contributed by atoms with Gasteiger partial charge in [-0.25, -0.2) is 9.37 Å². The van der Waals surface area contributed by atoms with E-state index in [-0.39, 0.29) is 43.2 Å². The van der Waals surface area contributed by atoms with Gasteiger partial charge in [0.05, 0.1) is 12.1 Å². The predicted molar refractivity (Wildman–Crippen MR) is 172 cm³/mol. The van der Waals surface area contributed by atoms with Gasteiger partial charge in [-0.1, -0.05) is 11.2 Å². The third-order valence-electron chi connectivity index (χ3n) is 8.97. The molecule has 1 saturated heterocycles. The largest absolute Gasteiger partial charge is 0.454 e. The summed E-state index contributed by atoms with van der Waals surface area (Å²) >= 11 is 0. The van der Waals surface area contributed by atoms with Crippen molar-refractivity contribution < 1.29 is 32.8 Å². The van der Waals surface area contributed by atoms with Crippen LogP contribution in [0.15, 0.2) is 39.7 Å². The van der Waals surface area contributed by atoms with E-state index in [9.17, 15) is 28.4 Å². The fourth-order valence-electron chi connectivity index (χ4n) is 6.36. The van der Waals surface area contributed by atoms with Gasteiger partial charge in [-0.05, 0) is 77.2 Å². The normalized spacial score (nSPS) is 16.9. The number of likely N-dealkylation sites (tertiary alicyclic amines) is 1. The molecule has 4 heterocycles. The summed E-state index contributed by atoms with van der Waals surface area (Å²) in [7, 11) is 0. The Morgan fingerprint density at radius 2 is 1.96 bits per heavy atom. The number of piperidine rings is 1. The molecule has 1 N–H and O–H groups in total. The standard InChI is InChI=1S/C34H41FN6O7/c1-3-5-30(44)40(21-42)19-13-29(43)36-14-9-31(45)47-27-6-4-15-41-33(27)37-22(2)25(34(41)46)12-18-39-16-10-23(11-17-39)32-26-8-7-24(35)20-28(26)48-38-32/h3,5,7-8,20-21,23,27H,4,6,9-19H2,1-2H3,(H,36,43)/b5-3-. The SMILES string of the molecule is C/C=C\C(=O)N(C=O)CCC(=O)NCCC(=O)OC1CCCn2c1nc(C)c(CCN1CCC(c3noc4cc(F)ccc34)CC1)c2=O. The molecule has 1 unspecified atom stereocenters. The molecule has 0 bridgehead atoms. The van der Waals surface area contributed by atoms with Crippen LogP contribution in [0.3, 0.4) is 0 Å². The van der Waals surface area contributed by atoms with Crippen molar-refractivity contribution >= 4 is 35.2 Å². The van der Waals surface area contributed by atoms with E-state index in [2.05, 4.69) is 15.4 Å². The maximum atomic E-state index is 13.6. The first-order valence-corrected chi connectivity index (χ1v) is 16.4. The Hall–Kier alpha value is -4.72. The first-order valence-electron chi connectivity index (χ1n) is 16.4. The van der Waals surface area contributed by atoms with Crippen molar-refractivity contribution in [1.29, 1.82) is 0 Å². The van der Waals surface area contributed by atoms with Gasteiger partial charge in [0.1, 0.15) is 5.82 Å². The highest BCUT2D eigenvalue weighted by Crippen LogP contribution is 2.33. The number of allylic oxidation sites excluding steroid dienone is 1. The lowest BCUT2D eigenvalue weighted by molar-refractivity contribution is -0.151. The summed E-state index contributed by atoms with van der Waals surface area (Å²) in [6, 6.07) is 4.50. The summed E-state index contributed by atoms with van der Waals surface area (Å²) in [5.41, 5.74) is 2.49. The smallest absolute Gasteiger partial charge is 0.308 e. The lowest BCUT2D eigenvalue weighted by atomic mass is 9.91. The van der Waals surface area contributed by atoms with Gasteiger partial charge in [0.25, 0.3) is 11.5 Å². The molecule has 256 valence electrons. The molecule has 1 fully saturated rings. The van der Waals surface area contributed by atoms with Gasteiger partial charge < -0.3 is 19.5 Å². The van der Waals surface area contributed by atoms with Crippen LogP contribution in [0, 0.1) is 12.7 Å². The fraction of sp³-hybridized carbons (Fsp3) is 0.500. The molecule has 48 heavy (non-hydrogen) atoms. The minimum Gasteiger partial charge on any atom is -0.454 e. The molecular formula is C34H41FN6O7. The number of carbonyl (C=O) groups excluding carboxylic acids is 4. The first kappa shape index (κ1) is 34.6. The van der Waals surface area contributed by atoms with E-state index < -0.39 is 23.9 Å². The van der Waals surface area contributed by atoms with Crippen molar-refractivity contribution in [3.8, 4) is 0 Å². The second-order valence-corrected chi connectivity index (χ2v) is 12.2. The minimum atomic E-state index is -0.663. The molecule has 0 radical (unpaired) electrons. The number of rotatable bonds is 13. The third-order valence-corrected chi connectivity index (χ3v) is 8.97. The molecule has 2 aliphatic rings. The average molecular weight is 665 g/mol. The number of aromatic nitrogens is 3. The number of imide groups is 1. The number of halogens is 1. The zero-order chi connectivity index (χ0) is 34.2. The van der Waals surface area contributed by atoms with E-state index in [1.54, 1.807) is 17.6 Å². The Morgan fingerprint density at radius 3 is 2.71 bits per heavy atom. The maximum absolute atomic E-state index is 13.6. The van der Waals surface area contributed by atoms with E-state index >= 15 is 0 Å². The highest BCUT2D eigenvalue weighted by Gasteiger charge is 2.29. The summed E-state index contributed by atoms with van der Waals surface area (Å²) < 4.78 is 26.2. The molecule has 3 aromatic rings. The number of amides is 3. The fourth-order valence-corrected chi connectivity index (χ4v) is 6.36. The number of esters is 1. The molecule has 13 nitrogen and oxygen atoms in total. The van der Waals surface area contributed by atoms with Crippen LogP contribution in [-0.4, -0.2) is 81.4 Å². The van der Waals surface area contributed by atoms with Gasteiger partial charge in [0, 0.05) is 61.2 Å². The Bertz CT molecular complexity index is 1740. The molecule has 0 aliphatic carbocycles. The van der Waals surface area contributed by atoms with Crippen molar-refractivity contribution in [2.75, 3.05) is 32.7 Å². The zero-order valence-electron chi connectivity index (χ0n) is 27.3. The van der Waals surface area contributed by atoms with Gasteiger partial charge in [-0.15, -0.1) is 0 Å². The van der Waals surface area contributed by atoms with Crippen LogP contribution in [-0.2, 0) is 36.9 Å². The highest BCUT2D eigenvalue weighted by atomic mass is 19.1. The average Bonchev–Trinajstić information content (AvgIpc) is 3.49. The quantitative estimate of drug-likeness (QED) is 0.164. The monoisotopic (exact) mass is 664 g/mol. The Balaban J connectivity index is 1.10. The number of hydrogen-bond acceptors (Lipinski definition) is 10. The van der Waals surface area contributed by atoms with Crippen LogP contribution in [0.1, 0.15) is 80.2 Å². The predicted octanol–water partition coefficient (Wildman–Crippen LogP) is 3.09. The molecule has 14 heteroatoms. The van der Waals surface area contributed by atoms with E-state index in [0.717, 1.165) is 41.9 Å². The molecule has 0 saturated carbocycles. The molecular weight excluding hydrogens is 623 g/mol. The van der Waals surface area contributed by atoms with Crippen molar-refractivity contribution in [3.05, 3.63) is 69.3 Å². The van der Waals surface area contributed by atoms with Crippen LogP contribution in [0.2, 0.25) is 0 Å². The Morgan fingerprint density at radius 1 is 1.17 bits per heavy atom. The highest BCUT2D eigenvalue weighted by molar-refractivity contribution is 5.95. The van der Waals surface area contributed by atoms with Crippen LogP contribution in [0.4, 0.5) is 4.39 Å². The van der Waals surface area contributed by atoms with Crippen molar-refractivity contribution in [1.82, 2.24) is 29.8 Å². The molecule has 2 aliphatic heterocycles. The number of nitrogens with zero attached hydrogens (tertiary/aromatic N) is 5. The number of nitrogens with one attached hydrogen (secondary N) is 1. The van der Waals surface area contributed by atoms with E-state index in [1.165, 1.54) is 24.3 Å². The second-order valence-electron chi connectivity index (χ2n) is 12.2. The van der Waals surface area contributed by atoms with Crippen molar-refractivity contribution in [2.24, 2.45) is 0 Å². The zero-order valence-corrected chi connectivity index (χ0v) is 27.3. The minimum absolute atomic E-state index is 0.0267. The van der Waals surface area contributed by atoms with Gasteiger partial charge >= 0.3 is 5.97 Å². The first-order chi connectivity index (χ1) is 23.2. The van der Waals surface area contributed by atoms with E-state index in [4.69, 9.17) is 14.2 Å². The number of ether oxygens (including phenoxy) is 1. The number of carbonyl (C=O) groups is 4. The topological polar surface area (TPSA) is 157 Å². The number of hydrogen-bond donors (Lipinski definition) is 1. The molecule has 1 aromatic carbocycles. The van der Waals surface area contributed by atoms with Crippen LogP contribution < -0.4 is 10.9 Å². The summed E-state index contributed by atoms with van der Waals surface area (Å²) in [5.74, 6) is -1.14. The van der Waals surface area contributed by atoms with Crippen LogP contribution in [0.25, 0.3) is 11.0 Å². The maximum Gasteiger partial charge on any atom is 0.308 e. The second kappa shape index (κ2) is 15.9.